The van der Waals surface area contributed by atoms with E-state index in [-0.39, 0.29) is 21.6 Å². The second-order valence-electron chi connectivity index (χ2n) is 4.88. The molecule has 1 aromatic heterocycles. The summed E-state index contributed by atoms with van der Waals surface area (Å²) in [6.45, 7) is 0. The highest BCUT2D eigenvalue weighted by Crippen LogP contribution is 2.38. The maximum atomic E-state index is 13.2. The van der Waals surface area contributed by atoms with Crippen LogP contribution >= 0.6 is 39.1 Å². The number of rotatable bonds is 3. The number of hydrogen-bond acceptors (Lipinski definition) is 1. The maximum Gasteiger partial charge on any atom is 0.272 e. The van der Waals surface area contributed by atoms with Gasteiger partial charge in [0, 0.05) is 16.7 Å². The Labute approximate surface area is 139 Å². The van der Waals surface area contributed by atoms with Crippen molar-refractivity contribution in [1.82, 2.24) is 4.57 Å². The molecule has 1 fully saturated rings. The Bertz CT molecular complexity index is 705. The van der Waals surface area contributed by atoms with E-state index in [1.54, 1.807) is 6.07 Å². The van der Waals surface area contributed by atoms with Crippen LogP contribution in [0.15, 0.2) is 28.9 Å². The van der Waals surface area contributed by atoms with E-state index in [0.717, 1.165) is 29.4 Å². The lowest BCUT2D eigenvalue weighted by molar-refractivity contribution is 0.101. The zero-order chi connectivity index (χ0) is 15.1. The fourth-order valence-electron chi connectivity index (χ4n) is 2.12. The van der Waals surface area contributed by atoms with Crippen LogP contribution in [0.2, 0.25) is 10.0 Å². The van der Waals surface area contributed by atoms with Gasteiger partial charge in [0.25, 0.3) is 5.91 Å². The van der Waals surface area contributed by atoms with Crippen molar-refractivity contribution < 1.29 is 9.18 Å². The standard InChI is InChI=1S/C14H10BrCl2FN2O/c15-7-3-12(20(6-7)9-1-2-9)14(21)19-13-10(16)4-8(18)5-11(13)17/h3-6,9H,1-2H2,(H,19,21). The summed E-state index contributed by atoms with van der Waals surface area (Å²) in [5, 5.41) is 2.78. The Morgan fingerprint density at radius 3 is 2.48 bits per heavy atom. The van der Waals surface area contributed by atoms with E-state index in [2.05, 4.69) is 21.2 Å². The zero-order valence-corrected chi connectivity index (χ0v) is 13.8. The molecule has 1 N–H and O–H groups in total. The van der Waals surface area contributed by atoms with Crippen LogP contribution in [0.25, 0.3) is 0 Å². The Morgan fingerprint density at radius 2 is 1.90 bits per heavy atom. The van der Waals surface area contributed by atoms with Gasteiger partial charge in [0.2, 0.25) is 0 Å². The molecule has 1 saturated carbocycles. The molecule has 0 saturated heterocycles. The number of amides is 1. The van der Waals surface area contributed by atoms with Crippen LogP contribution in [0.1, 0.15) is 29.4 Å². The Kier molecular flexibility index (Phi) is 3.99. The topological polar surface area (TPSA) is 34.0 Å². The molecular weight excluding hydrogens is 382 g/mol. The predicted molar refractivity (Wildman–Crippen MR) is 84.8 cm³/mol. The summed E-state index contributed by atoms with van der Waals surface area (Å²) in [4.78, 5) is 12.4. The molecule has 1 aliphatic rings. The molecule has 7 heteroatoms. The van der Waals surface area contributed by atoms with Crippen LogP contribution < -0.4 is 5.32 Å². The van der Waals surface area contributed by atoms with Gasteiger partial charge in [-0.05, 0) is 47.0 Å². The third-order valence-corrected chi connectivity index (χ3v) is 4.26. The molecule has 21 heavy (non-hydrogen) atoms. The van der Waals surface area contributed by atoms with Crippen molar-refractivity contribution in [2.75, 3.05) is 5.32 Å². The SMILES string of the molecule is O=C(Nc1c(Cl)cc(F)cc1Cl)c1cc(Br)cn1C1CC1. The molecular formula is C14H10BrCl2FN2O. The number of nitrogens with zero attached hydrogens (tertiary/aromatic N) is 1. The van der Waals surface area contributed by atoms with Gasteiger partial charge >= 0.3 is 0 Å². The highest BCUT2D eigenvalue weighted by Gasteiger charge is 2.28. The quantitative estimate of drug-likeness (QED) is 0.758. The summed E-state index contributed by atoms with van der Waals surface area (Å²) in [7, 11) is 0. The summed E-state index contributed by atoms with van der Waals surface area (Å²) in [5.74, 6) is -0.880. The number of halogens is 4. The van der Waals surface area contributed by atoms with Crippen molar-refractivity contribution in [2.45, 2.75) is 18.9 Å². The lowest BCUT2D eigenvalue weighted by atomic mass is 10.3. The van der Waals surface area contributed by atoms with Gasteiger partial charge in [-0.15, -0.1) is 0 Å². The summed E-state index contributed by atoms with van der Waals surface area (Å²) in [6.07, 6.45) is 3.99. The summed E-state index contributed by atoms with van der Waals surface area (Å²) in [6, 6.07) is 4.31. The van der Waals surface area contributed by atoms with E-state index in [4.69, 9.17) is 23.2 Å². The molecule has 3 nitrogen and oxygen atoms in total. The smallest absolute Gasteiger partial charge is 0.272 e. The first-order valence-electron chi connectivity index (χ1n) is 6.29. The Morgan fingerprint density at radius 1 is 1.29 bits per heavy atom. The van der Waals surface area contributed by atoms with Crippen LogP contribution in [0, 0.1) is 5.82 Å². The largest absolute Gasteiger partial charge is 0.339 e. The highest BCUT2D eigenvalue weighted by atomic mass is 79.9. The normalized spacial score (nSPS) is 14.3. The van der Waals surface area contributed by atoms with E-state index in [1.165, 1.54) is 0 Å². The van der Waals surface area contributed by atoms with E-state index in [0.29, 0.717) is 11.7 Å². The van der Waals surface area contributed by atoms with Gasteiger partial charge < -0.3 is 9.88 Å². The minimum Gasteiger partial charge on any atom is -0.339 e. The van der Waals surface area contributed by atoms with Crippen molar-refractivity contribution >= 4 is 50.7 Å². The molecule has 0 spiro atoms. The molecule has 2 aromatic rings. The first-order chi connectivity index (χ1) is 9.95. The number of hydrogen-bond donors (Lipinski definition) is 1. The molecule has 1 aromatic carbocycles. The fourth-order valence-corrected chi connectivity index (χ4v) is 3.11. The van der Waals surface area contributed by atoms with Crippen LogP contribution in [-0.4, -0.2) is 10.5 Å². The lowest BCUT2D eigenvalue weighted by Gasteiger charge is -2.11. The summed E-state index contributed by atoms with van der Waals surface area (Å²) >= 11 is 15.2. The second kappa shape index (κ2) is 5.63. The third-order valence-electron chi connectivity index (χ3n) is 3.23. The monoisotopic (exact) mass is 390 g/mol. The van der Waals surface area contributed by atoms with Gasteiger partial charge in [-0.2, -0.15) is 0 Å². The van der Waals surface area contributed by atoms with Gasteiger partial charge in [-0.25, -0.2) is 4.39 Å². The van der Waals surface area contributed by atoms with Gasteiger partial charge in [0.05, 0.1) is 15.7 Å². The van der Waals surface area contributed by atoms with E-state index >= 15 is 0 Å². The lowest BCUT2D eigenvalue weighted by Crippen LogP contribution is -2.17. The number of nitrogens with one attached hydrogen (secondary N) is 1. The Balaban J connectivity index is 1.90. The average Bonchev–Trinajstić information content (AvgIpc) is 3.16. The van der Waals surface area contributed by atoms with E-state index in [9.17, 15) is 9.18 Å². The predicted octanol–water partition coefficient (Wildman–Crippen LogP) is 5.28. The fraction of sp³-hybridized carbons (Fsp3) is 0.214. The minimum absolute atomic E-state index is 0.0666. The molecule has 0 unspecified atom stereocenters. The molecule has 0 atom stereocenters. The van der Waals surface area contributed by atoms with Crippen molar-refractivity contribution in [3.8, 4) is 0 Å². The first kappa shape index (κ1) is 14.9. The van der Waals surface area contributed by atoms with Gasteiger partial charge in [-0.3, -0.25) is 4.79 Å². The van der Waals surface area contributed by atoms with Crippen LogP contribution in [0.5, 0.6) is 0 Å². The van der Waals surface area contributed by atoms with Crippen molar-refractivity contribution in [3.05, 3.63) is 50.4 Å². The number of benzene rings is 1. The van der Waals surface area contributed by atoms with Crippen LogP contribution in [0.3, 0.4) is 0 Å². The van der Waals surface area contributed by atoms with Crippen LogP contribution in [-0.2, 0) is 0 Å². The van der Waals surface area contributed by atoms with Gasteiger partial charge in [-0.1, -0.05) is 23.2 Å². The number of anilines is 1. The molecule has 1 heterocycles. The molecule has 0 bridgehead atoms. The summed E-state index contributed by atoms with van der Waals surface area (Å²) in [5.41, 5.74) is 0.727. The minimum atomic E-state index is -0.549. The van der Waals surface area contributed by atoms with Gasteiger partial charge in [0.1, 0.15) is 11.5 Å². The van der Waals surface area contributed by atoms with Crippen LogP contribution in [0.4, 0.5) is 10.1 Å². The average molecular weight is 392 g/mol. The summed E-state index contributed by atoms with van der Waals surface area (Å²) < 4.78 is 15.9. The molecule has 1 amide bonds. The van der Waals surface area contributed by atoms with E-state index in [1.807, 2.05) is 10.8 Å². The number of carbonyl (C=O) groups is 1. The molecule has 110 valence electrons. The van der Waals surface area contributed by atoms with Crippen molar-refractivity contribution in [3.63, 3.8) is 0 Å². The molecule has 0 radical (unpaired) electrons. The second-order valence-corrected chi connectivity index (χ2v) is 6.61. The zero-order valence-electron chi connectivity index (χ0n) is 10.7. The third kappa shape index (κ3) is 3.10. The highest BCUT2D eigenvalue weighted by molar-refractivity contribution is 9.10. The van der Waals surface area contributed by atoms with E-state index < -0.39 is 5.82 Å². The van der Waals surface area contributed by atoms with Crippen molar-refractivity contribution in [1.29, 1.82) is 0 Å². The molecule has 3 rings (SSSR count). The Hall–Kier alpha value is -1.04. The maximum absolute atomic E-state index is 13.2. The number of aromatic nitrogens is 1. The van der Waals surface area contributed by atoms with Crippen molar-refractivity contribution in [2.24, 2.45) is 0 Å². The molecule has 0 aliphatic heterocycles. The van der Waals surface area contributed by atoms with Gasteiger partial charge in [0.15, 0.2) is 0 Å². The first-order valence-corrected chi connectivity index (χ1v) is 7.84. The number of carbonyl (C=O) groups excluding carboxylic acids is 1. The molecule has 1 aliphatic carbocycles.